The number of piperidine rings is 1. The molecule has 1 N–H and O–H groups in total. The van der Waals surface area contributed by atoms with Gasteiger partial charge in [-0.05, 0) is 37.1 Å². The normalized spacial score (nSPS) is 21.7. The fourth-order valence-electron chi connectivity index (χ4n) is 3.47. The van der Waals surface area contributed by atoms with Crippen LogP contribution in [0.1, 0.15) is 19.8 Å². The van der Waals surface area contributed by atoms with Crippen molar-refractivity contribution >= 4 is 39.3 Å². The molecule has 9 heteroatoms. The van der Waals surface area contributed by atoms with E-state index in [4.69, 9.17) is 0 Å². The molecule has 2 heterocycles. The Morgan fingerprint density at radius 1 is 1.11 bits per heavy atom. The van der Waals surface area contributed by atoms with Gasteiger partial charge in [0.1, 0.15) is 0 Å². The average molecular weight is 412 g/mol. The van der Waals surface area contributed by atoms with Crippen molar-refractivity contribution in [2.45, 2.75) is 24.7 Å². The summed E-state index contributed by atoms with van der Waals surface area (Å²) in [5, 5.41) is 2.62. The molecule has 27 heavy (non-hydrogen) atoms. The molecule has 0 bridgehead atoms. The van der Waals surface area contributed by atoms with Crippen LogP contribution in [-0.4, -0.2) is 67.1 Å². The van der Waals surface area contributed by atoms with E-state index in [1.807, 2.05) is 16.7 Å². The first-order valence-corrected chi connectivity index (χ1v) is 11.7. The molecule has 1 aromatic rings. The van der Waals surface area contributed by atoms with Crippen LogP contribution in [0.5, 0.6) is 0 Å². The van der Waals surface area contributed by atoms with Gasteiger partial charge in [-0.15, -0.1) is 0 Å². The summed E-state index contributed by atoms with van der Waals surface area (Å²) >= 11 is 1.84. The molecule has 2 saturated heterocycles. The van der Waals surface area contributed by atoms with Gasteiger partial charge in [-0.3, -0.25) is 9.59 Å². The van der Waals surface area contributed by atoms with Crippen LogP contribution in [0.2, 0.25) is 0 Å². The number of thioether (sulfide) groups is 1. The molecule has 2 amide bonds. The highest BCUT2D eigenvalue weighted by atomic mass is 32.2. The van der Waals surface area contributed by atoms with Gasteiger partial charge in [-0.25, -0.2) is 8.42 Å². The fraction of sp³-hybridized carbons (Fsp3) is 0.556. The van der Waals surface area contributed by atoms with Crippen molar-refractivity contribution in [3.8, 4) is 0 Å². The van der Waals surface area contributed by atoms with E-state index in [1.54, 1.807) is 12.1 Å². The van der Waals surface area contributed by atoms with Crippen molar-refractivity contribution in [1.29, 1.82) is 0 Å². The molecule has 7 nitrogen and oxygen atoms in total. The lowest BCUT2D eigenvalue weighted by Gasteiger charge is -2.35. The first-order chi connectivity index (χ1) is 12.9. The summed E-state index contributed by atoms with van der Waals surface area (Å²) in [6, 6.07) is 6.14. The summed E-state index contributed by atoms with van der Waals surface area (Å²) in [5.74, 6) is 1.49. The lowest BCUT2D eigenvalue weighted by atomic mass is 9.98. The smallest absolute Gasteiger partial charge is 0.243 e. The van der Waals surface area contributed by atoms with Crippen LogP contribution in [0.15, 0.2) is 29.2 Å². The van der Waals surface area contributed by atoms with Crippen LogP contribution >= 0.6 is 11.8 Å². The molecule has 2 fully saturated rings. The standard InChI is InChI=1S/C18H25N3O4S2/c1-14(22)19-16-4-6-17(7-5-16)27(24,25)21-8-2-3-15(13-21)18(23)20-9-11-26-12-10-20/h4-7,15H,2-3,8-13H2,1H3,(H,19,22)/t15-/m1/s1. The maximum atomic E-state index is 13.0. The molecule has 2 aliphatic heterocycles. The van der Waals surface area contributed by atoms with E-state index in [9.17, 15) is 18.0 Å². The summed E-state index contributed by atoms with van der Waals surface area (Å²) in [7, 11) is -3.66. The number of benzene rings is 1. The topological polar surface area (TPSA) is 86.8 Å². The van der Waals surface area contributed by atoms with Crippen molar-refractivity contribution in [1.82, 2.24) is 9.21 Å². The Bertz CT molecular complexity index is 789. The summed E-state index contributed by atoms with van der Waals surface area (Å²) in [6.07, 6.45) is 1.41. The van der Waals surface area contributed by atoms with E-state index in [1.165, 1.54) is 23.4 Å². The Morgan fingerprint density at radius 2 is 1.78 bits per heavy atom. The van der Waals surface area contributed by atoms with Gasteiger partial charge in [0.05, 0.1) is 10.8 Å². The van der Waals surface area contributed by atoms with Crippen LogP contribution in [-0.2, 0) is 19.6 Å². The number of nitrogens with zero attached hydrogens (tertiary/aromatic N) is 2. The third-order valence-electron chi connectivity index (χ3n) is 4.87. The van der Waals surface area contributed by atoms with Gasteiger partial charge in [0.15, 0.2) is 0 Å². The quantitative estimate of drug-likeness (QED) is 0.814. The van der Waals surface area contributed by atoms with E-state index in [0.717, 1.165) is 31.0 Å². The second-order valence-electron chi connectivity index (χ2n) is 6.85. The Balaban J connectivity index is 1.70. The highest BCUT2D eigenvalue weighted by Gasteiger charge is 2.35. The number of amides is 2. The van der Waals surface area contributed by atoms with Gasteiger partial charge in [-0.1, -0.05) is 0 Å². The molecule has 3 rings (SSSR count). The Labute approximate surface area is 164 Å². The minimum atomic E-state index is -3.66. The zero-order valence-corrected chi connectivity index (χ0v) is 17.0. The molecule has 0 aromatic heterocycles. The Kier molecular flexibility index (Phi) is 6.44. The Hall–Kier alpha value is -1.58. The lowest BCUT2D eigenvalue weighted by molar-refractivity contribution is -0.136. The van der Waals surface area contributed by atoms with Gasteiger partial charge in [0.25, 0.3) is 0 Å². The number of hydrogen-bond donors (Lipinski definition) is 1. The highest BCUT2D eigenvalue weighted by Crippen LogP contribution is 2.26. The van der Waals surface area contributed by atoms with Crippen LogP contribution in [0.3, 0.4) is 0 Å². The fourth-order valence-corrected chi connectivity index (χ4v) is 5.89. The van der Waals surface area contributed by atoms with Crippen molar-refractivity contribution in [2.75, 3.05) is 43.0 Å². The van der Waals surface area contributed by atoms with E-state index in [2.05, 4.69) is 5.32 Å². The molecule has 0 spiro atoms. The molecule has 0 aliphatic carbocycles. The first kappa shape index (κ1) is 20.2. The number of carbonyl (C=O) groups is 2. The second kappa shape index (κ2) is 8.62. The van der Waals surface area contributed by atoms with Crippen LogP contribution < -0.4 is 5.32 Å². The molecule has 1 atom stereocenters. The number of carbonyl (C=O) groups excluding carboxylic acids is 2. The summed E-state index contributed by atoms with van der Waals surface area (Å²) in [6.45, 7) is 3.55. The highest BCUT2D eigenvalue weighted by molar-refractivity contribution is 7.99. The molecule has 0 radical (unpaired) electrons. The van der Waals surface area contributed by atoms with E-state index < -0.39 is 10.0 Å². The maximum Gasteiger partial charge on any atom is 0.243 e. The second-order valence-corrected chi connectivity index (χ2v) is 10.0. The minimum absolute atomic E-state index is 0.0798. The maximum absolute atomic E-state index is 13.0. The predicted molar refractivity (Wildman–Crippen MR) is 106 cm³/mol. The third-order valence-corrected chi connectivity index (χ3v) is 7.69. The zero-order chi connectivity index (χ0) is 19.4. The number of anilines is 1. The van der Waals surface area contributed by atoms with Gasteiger partial charge in [0, 0.05) is 50.3 Å². The SMILES string of the molecule is CC(=O)Nc1ccc(S(=O)(=O)N2CCC[C@@H](C(=O)N3CCSCC3)C2)cc1. The average Bonchev–Trinajstić information content (AvgIpc) is 2.68. The van der Waals surface area contributed by atoms with Crippen molar-refractivity contribution in [3.05, 3.63) is 24.3 Å². The van der Waals surface area contributed by atoms with Gasteiger partial charge in [0.2, 0.25) is 21.8 Å². The molecule has 1 aromatic carbocycles. The van der Waals surface area contributed by atoms with Crippen LogP contribution in [0, 0.1) is 5.92 Å². The summed E-state index contributed by atoms with van der Waals surface area (Å²) in [4.78, 5) is 25.9. The molecular weight excluding hydrogens is 386 g/mol. The molecular formula is C18H25N3O4S2. The van der Waals surface area contributed by atoms with Gasteiger partial charge >= 0.3 is 0 Å². The van der Waals surface area contributed by atoms with Crippen LogP contribution in [0.25, 0.3) is 0 Å². The zero-order valence-electron chi connectivity index (χ0n) is 15.4. The number of nitrogens with one attached hydrogen (secondary N) is 1. The summed E-state index contributed by atoms with van der Waals surface area (Å²) < 4.78 is 27.4. The van der Waals surface area contributed by atoms with Crippen molar-refractivity contribution < 1.29 is 18.0 Å². The minimum Gasteiger partial charge on any atom is -0.341 e. The lowest BCUT2D eigenvalue weighted by Crippen LogP contribution is -2.48. The molecule has 0 unspecified atom stereocenters. The number of rotatable bonds is 4. The first-order valence-electron chi connectivity index (χ1n) is 9.12. The van der Waals surface area contributed by atoms with Crippen LogP contribution in [0.4, 0.5) is 5.69 Å². The predicted octanol–water partition coefficient (Wildman–Crippen LogP) is 1.62. The largest absolute Gasteiger partial charge is 0.341 e. The number of hydrogen-bond acceptors (Lipinski definition) is 5. The third kappa shape index (κ3) is 4.83. The van der Waals surface area contributed by atoms with Gasteiger partial charge in [-0.2, -0.15) is 16.1 Å². The molecule has 0 saturated carbocycles. The Morgan fingerprint density at radius 3 is 2.41 bits per heavy atom. The molecule has 148 valence electrons. The van der Waals surface area contributed by atoms with E-state index in [-0.39, 0.29) is 29.2 Å². The van der Waals surface area contributed by atoms with Crippen molar-refractivity contribution in [2.24, 2.45) is 5.92 Å². The summed E-state index contributed by atoms with van der Waals surface area (Å²) in [5.41, 5.74) is 0.552. The number of sulfonamides is 1. The monoisotopic (exact) mass is 411 g/mol. The van der Waals surface area contributed by atoms with Gasteiger partial charge < -0.3 is 10.2 Å². The molecule has 2 aliphatic rings. The van der Waals surface area contributed by atoms with E-state index in [0.29, 0.717) is 18.7 Å². The van der Waals surface area contributed by atoms with E-state index >= 15 is 0 Å². The van der Waals surface area contributed by atoms with Crippen molar-refractivity contribution in [3.63, 3.8) is 0 Å².